The monoisotopic (exact) mass is 329 g/mol. The van der Waals surface area contributed by atoms with Gasteiger partial charge in [-0.2, -0.15) is 0 Å². The highest BCUT2D eigenvalue weighted by Gasteiger charge is 2.26. The molecular formula is C17H19N3O4. The van der Waals surface area contributed by atoms with Gasteiger partial charge in [0.15, 0.2) is 5.76 Å². The first-order chi connectivity index (χ1) is 11.6. The first-order valence-corrected chi connectivity index (χ1v) is 7.90. The maximum absolute atomic E-state index is 12.1. The highest BCUT2D eigenvalue weighted by Crippen LogP contribution is 2.20. The van der Waals surface area contributed by atoms with Gasteiger partial charge in [-0.3, -0.25) is 4.79 Å². The number of carboxylic acid groups (broad SMARTS) is 1. The molecule has 1 aliphatic heterocycles. The number of carboxylic acids is 1. The average molecular weight is 329 g/mol. The number of rotatable bonds is 4. The van der Waals surface area contributed by atoms with E-state index in [-0.39, 0.29) is 18.5 Å². The SMILES string of the molecule is O=C(O)C1CCN(C(=O)NCc2cc(-c3ccccc3)on2)CC1. The van der Waals surface area contributed by atoms with Crippen LogP contribution in [0, 0.1) is 5.92 Å². The van der Waals surface area contributed by atoms with Gasteiger partial charge in [-0.25, -0.2) is 4.79 Å². The summed E-state index contributed by atoms with van der Waals surface area (Å²) in [6.45, 7) is 1.18. The van der Waals surface area contributed by atoms with Crippen molar-refractivity contribution >= 4 is 12.0 Å². The molecule has 1 saturated heterocycles. The number of nitrogens with zero attached hydrogens (tertiary/aromatic N) is 2. The summed E-state index contributed by atoms with van der Waals surface area (Å²) >= 11 is 0. The van der Waals surface area contributed by atoms with E-state index < -0.39 is 5.97 Å². The van der Waals surface area contributed by atoms with Gasteiger partial charge in [0.05, 0.1) is 12.5 Å². The lowest BCUT2D eigenvalue weighted by molar-refractivity contribution is -0.143. The first-order valence-electron chi connectivity index (χ1n) is 7.90. The van der Waals surface area contributed by atoms with Crippen LogP contribution < -0.4 is 5.32 Å². The van der Waals surface area contributed by atoms with Crippen molar-refractivity contribution in [2.45, 2.75) is 19.4 Å². The highest BCUT2D eigenvalue weighted by atomic mass is 16.5. The van der Waals surface area contributed by atoms with Crippen molar-refractivity contribution in [1.29, 1.82) is 0 Å². The molecule has 126 valence electrons. The zero-order valence-electron chi connectivity index (χ0n) is 13.1. The smallest absolute Gasteiger partial charge is 0.317 e. The van der Waals surface area contributed by atoms with Crippen LogP contribution in [0.15, 0.2) is 40.9 Å². The van der Waals surface area contributed by atoms with Crippen LogP contribution in [-0.4, -0.2) is 40.3 Å². The molecule has 3 rings (SSSR count). The van der Waals surface area contributed by atoms with Crippen molar-refractivity contribution < 1.29 is 19.2 Å². The van der Waals surface area contributed by atoms with Gasteiger partial charge in [0, 0.05) is 24.7 Å². The molecular weight excluding hydrogens is 310 g/mol. The Bertz CT molecular complexity index is 706. The van der Waals surface area contributed by atoms with E-state index in [1.165, 1.54) is 0 Å². The van der Waals surface area contributed by atoms with Crippen LogP contribution in [-0.2, 0) is 11.3 Å². The number of carbonyl (C=O) groups is 2. The van der Waals surface area contributed by atoms with Gasteiger partial charge in [0.2, 0.25) is 0 Å². The van der Waals surface area contributed by atoms with Crippen LogP contribution in [0.1, 0.15) is 18.5 Å². The molecule has 0 radical (unpaired) electrons. The Kier molecular flexibility index (Phi) is 4.79. The van der Waals surface area contributed by atoms with E-state index in [0.29, 0.717) is 37.4 Å². The van der Waals surface area contributed by atoms with Crippen molar-refractivity contribution in [3.8, 4) is 11.3 Å². The molecule has 0 saturated carbocycles. The molecule has 0 bridgehead atoms. The van der Waals surface area contributed by atoms with Crippen molar-refractivity contribution in [1.82, 2.24) is 15.4 Å². The third-order valence-corrected chi connectivity index (χ3v) is 4.17. The lowest BCUT2D eigenvalue weighted by Crippen LogP contribution is -2.45. The first kappa shape index (κ1) is 16.0. The number of nitrogens with one attached hydrogen (secondary N) is 1. The summed E-state index contributed by atoms with van der Waals surface area (Å²) in [6.07, 6.45) is 0.982. The molecule has 0 aliphatic carbocycles. The Hall–Kier alpha value is -2.83. The molecule has 0 spiro atoms. The molecule has 2 heterocycles. The molecule has 1 aliphatic rings. The summed E-state index contributed by atoms with van der Waals surface area (Å²) in [7, 11) is 0. The second-order valence-corrected chi connectivity index (χ2v) is 5.81. The number of likely N-dealkylation sites (tertiary alicyclic amines) is 1. The van der Waals surface area contributed by atoms with Gasteiger partial charge < -0.3 is 19.8 Å². The Morgan fingerprint density at radius 3 is 2.62 bits per heavy atom. The molecule has 1 aromatic heterocycles. The van der Waals surface area contributed by atoms with Crippen molar-refractivity contribution in [2.24, 2.45) is 5.92 Å². The Morgan fingerprint density at radius 1 is 1.25 bits per heavy atom. The summed E-state index contributed by atoms with van der Waals surface area (Å²) in [6, 6.07) is 11.2. The lowest BCUT2D eigenvalue weighted by Gasteiger charge is -2.30. The number of amides is 2. The number of aromatic nitrogens is 1. The summed E-state index contributed by atoms with van der Waals surface area (Å²) in [4.78, 5) is 24.7. The van der Waals surface area contributed by atoms with Crippen LogP contribution in [0.25, 0.3) is 11.3 Å². The van der Waals surface area contributed by atoms with Gasteiger partial charge in [-0.15, -0.1) is 0 Å². The Balaban J connectivity index is 1.50. The number of hydrogen-bond acceptors (Lipinski definition) is 4. The molecule has 2 amide bonds. The second-order valence-electron chi connectivity index (χ2n) is 5.81. The van der Waals surface area contributed by atoms with E-state index >= 15 is 0 Å². The van der Waals surface area contributed by atoms with Gasteiger partial charge in [0.1, 0.15) is 5.69 Å². The van der Waals surface area contributed by atoms with Gasteiger partial charge >= 0.3 is 12.0 Å². The van der Waals surface area contributed by atoms with Crippen molar-refractivity contribution in [3.63, 3.8) is 0 Å². The molecule has 7 nitrogen and oxygen atoms in total. The van der Waals surface area contributed by atoms with Gasteiger partial charge in [-0.05, 0) is 12.8 Å². The zero-order chi connectivity index (χ0) is 16.9. The normalized spacial score (nSPS) is 15.2. The van der Waals surface area contributed by atoms with E-state index in [2.05, 4.69) is 10.5 Å². The van der Waals surface area contributed by atoms with Crippen LogP contribution in [0.5, 0.6) is 0 Å². The van der Waals surface area contributed by atoms with Crippen LogP contribution in [0.3, 0.4) is 0 Å². The number of carbonyl (C=O) groups excluding carboxylic acids is 1. The van der Waals surface area contributed by atoms with E-state index in [9.17, 15) is 9.59 Å². The fraction of sp³-hybridized carbons (Fsp3) is 0.353. The third-order valence-electron chi connectivity index (χ3n) is 4.17. The van der Waals surface area contributed by atoms with Crippen LogP contribution in [0.2, 0.25) is 0 Å². The summed E-state index contributed by atoms with van der Waals surface area (Å²) in [5, 5.41) is 15.7. The molecule has 2 N–H and O–H groups in total. The minimum absolute atomic E-state index is 0.205. The summed E-state index contributed by atoms with van der Waals surface area (Å²) in [5.74, 6) is -0.480. The Morgan fingerprint density at radius 2 is 1.96 bits per heavy atom. The molecule has 0 atom stereocenters. The van der Waals surface area contributed by atoms with E-state index in [4.69, 9.17) is 9.63 Å². The van der Waals surface area contributed by atoms with E-state index in [1.807, 2.05) is 30.3 Å². The van der Waals surface area contributed by atoms with Gasteiger partial charge in [-0.1, -0.05) is 35.5 Å². The minimum atomic E-state index is -0.786. The van der Waals surface area contributed by atoms with Crippen molar-refractivity contribution in [3.05, 3.63) is 42.1 Å². The average Bonchev–Trinajstić information content (AvgIpc) is 3.09. The van der Waals surface area contributed by atoms with Crippen LogP contribution in [0.4, 0.5) is 4.79 Å². The second kappa shape index (κ2) is 7.16. The number of aliphatic carboxylic acids is 1. The number of urea groups is 1. The molecule has 1 fully saturated rings. The molecule has 24 heavy (non-hydrogen) atoms. The maximum Gasteiger partial charge on any atom is 0.317 e. The maximum atomic E-state index is 12.1. The molecule has 1 aromatic carbocycles. The quantitative estimate of drug-likeness (QED) is 0.897. The van der Waals surface area contributed by atoms with E-state index in [0.717, 1.165) is 5.56 Å². The van der Waals surface area contributed by atoms with E-state index in [1.54, 1.807) is 11.0 Å². The molecule has 2 aromatic rings. The highest BCUT2D eigenvalue weighted by molar-refractivity contribution is 5.75. The molecule has 7 heteroatoms. The van der Waals surface area contributed by atoms with Crippen LogP contribution >= 0.6 is 0 Å². The summed E-state index contributed by atoms with van der Waals surface area (Å²) < 4.78 is 5.29. The number of hydrogen-bond donors (Lipinski definition) is 2. The number of piperidine rings is 1. The Labute approximate surface area is 139 Å². The fourth-order valence-electron chi connectivity index (χ4n) is 2.74. The molecule has 0 unspecified atom stereocenters. The predicted octanol–water partition coefficient (Wildman–Crippen LogP) is 2.35. The standard InChI is InChI=1S/C17H19N3O4/c21-16(22)13-6-8-20(9-7-13)17(23)18-11-14-10-15(24-19-14)12-4-2-1-3-5-12/h1-5,10,13H,6-9,11H2,(H,18,23)(H,21,22). The number of benzene rings is 1. The van der Waals surface area contributed by atoms with Gasteiger partial charge in [0.25, 0.3) is 0 Å². The fourth-order valence-corrected chi connectivity index (χ4v) is 2.74. The third kappa shape index (κ3) is 3.73. The lowest BCUT2D eigenvalue weighted by atomic mass is 9.97. The minimum Gasteiger partial charge on any atom is -0.481 e. The van der Waals surface area contributed by atoms with Crippen molar-refractivity contribution in [2.75, 3.05) is 13.1 Å². The largest absolute Gasteiger partial charge is 0.481 e. The zero-order valence-corrected chi connectivity index (χ0v) is 13.1. The predicted molar refractivity (Wildman–Crippen MR) is 86.1 cm³/mol. The summed E-state index contributed by atoms with van der Waals surface area (Å²) in [5.41, 5.74) is 1.57. The topological polar surface area (TPSA) is 95.7 Å².